The number of benzene rings is 1. The number of ether oxygens (including phenoxy) is 1. The molecule has 0 aliphatic carbocycles. The second-order valence-corrected chi connectivity index (χ2v) is 6.33. The van der Waals surface area contributed by atoms with Gasteiger partial charge in [-0.25, -0.2) is 0 Å². The molecule has 3 heteroatoms. The van der Waals surface area contributed by atoms with Gasteiger partial charge in [0.25, 0.3) is 0 Å². The molecule has 2 atom stereocenters. The molecule has 19 heavy (non-hydrogen) atoms. The first-order valence-electron chi connectivity index (χ1n) is 7.34. The summed E-state index contributed by atoms with van der Waals surface area (Å²) in [5.74, 6) is 0.571. The van der Waals surface area contributed by atoms with Gasteiger partial charge in [0.2, 0.25) is 0 Å². The lowest BCUT2D eigenvalue weighted by Crippen LogP contribution is -2.43. The van der Waals surface area contributed by atoms with Crippen molar-refractivity contribution in [3.8, 4) is 0 Å². The van der Waals surface area contributed by atoms with Gasteiger partial charge >= 0.3 is 0 Å². The van der Waals surface area contributed by atoms with E-state index in [-0.39, 0.29) is 0 Å². The van der Waals surface area contributed by atoms with Crippen LogP contribution < -0.4 is 5.32 Å². The second-order valence-electron chi connectivity index (χ2n) is 5.89. The fourth-order valence-electron chi connectivity index (χ4n) is 3.80. The van der Waals surface area contributed by atoms with Gasteiger partial charge < -0.3 is 10.1 Å². The molecule has 0 amide bonds. The molecule has 1 N–H and O–H groups in total. The molecular formula is C16H22ClNO. The third-order valence-corrected chi connectivity index (χ3v) is 5.08. The van der Waals surface area contributed by atoms with Crippen molar-refractivity contribution in [2.24, 2.45) is 5.41 Å². The van der Waals surface area contributed by atoms with Crippen molar-refractivity contribution in [1.29, 1.82) is 0 Å². The number of halogens is 1. The molecular weight excluding hydrogens is 258 g/mol. The Morgan fingerprint density at radius 1 is 1.21 bits per heavy atom. The van der Waals surface area contributed by atoms with Crippen LogP contribution in [-0.2, 0) is 4.74 Å². The van der Waals surface area contributed by atoms with Crippen molar-refractivity contribution in [3.63, 3.8) is 0 Å². The molecule has 1 spiro atoms. The summed E-state index contributed by atoms with van der Waals surface area (Å²) in [5, 5.41) is 4.41. The van der Waals surface area contributed by atoms with Gasteiger partial charge in [0.1, 0.15) is 0 Å². The van der Waals surface area contributed by atoms with Crippen molar-refractivity contribution in [1.82, 2.24) is 5.32 Å². The molecule has 0 saturated carbocycles. The smallest absolute Gasteiger partial charge is 0.0471 e. The monoisotopic (exact) mass is 279 g/mol. The number of rotatable bonds is 1. The van der Waals surface area contributed by atoms with Crippen molar-refractivity contribution < 1.29 is 4.74 Å². The Morgan fingerprint density at radius 2 is 2.16 bits per heavy atom. The number of hydrogen-bond acceptors (Lipinski definition) is 2. The van der Waals surface area contributed by atoms with Crippen molar-refractivity contribution in [2.45, 2.75) is 31.6 Å². The Morgan fingerprint density at radius 3 is 3.05 bits per heavy atom. The molecule has 0 bridgehead atoms. The summed E-state index contributed by atoms with van der Waals surface area (Å²) in [7, 11) is 0. The predicted octanol–water partition coefficient (Wildman–Crippen LogP) is 3.60. The first kappa shape index (κ1) is 13.4. The summed E-state index contributed by atoms with van der Waals surface area (Å²) in [6.07, 6.45) is 4.92. The molecule has 1 aromatic rings. The highest BCUT2D eigenvalue weighted by atomic mass is 35.5. The number of nitrogens with one attached hydrogen (secondary N) is 1. The minimum atomic E-state index is 0.409. The molecule has 2 saturated heterocycles. The lowest BCUT2D eigenvalue weighted by atomic mass is 9.64. The van der Waals surface area contributed by atoms with Gasteiger partial charge in [0.05, 0.1) is 0 Å². The molecule has 0 aromatic heterocycles. The highest BCUT2D eigenvalue weighted by Gasteiger charge is 2.41. The molecule has 2 heterocycles. The van der Waals surface area contributed by atoms with Crippen LogP contribution in [0.4, 0.5) is 0 Å². The molecule has 2 unspecified atom stereocenters. The van der Waals surface area contributed by atoms with E-state index in [0.29, 0.717) is 11.3 Å². The van der Waals surface area contributed by atoms with Crippen LogP contribution in [0.1, 0.15) is 37.2 Å². The quantitative estimate of drug-likeness (QED) is 0.848. The van der Waals surface area contributed by atoms with E-state index in [9.17, 15) is 0 Å². The van der Waals surface area contributed by atoms with Gasteiger partial charge in [-0.1, -0.05) is 23.7 Å². The Hall–Kier alpha value is -0.570. The lowest BCUT2D eigenvalue weighted by Gasteiger charge is -2.44. The van der Waals surface area contributed by atoms with Crippen LogP contribution in [0.15, 0.2) is 24.3 Å². The minimum absolute atomic E-state index is 0.409. The average molecular weight is 280 g/mol. The summed E-state index contributed by atoms with van der Waals surface area (Å²) >= 11 is 6.18. The first-order valence-corrected chi connectivity index (χ1v) is 7.72. The summed E-state index contributed by atoms with van der Waals surface area (Å²) < 4.78 is 5.68. The van der Waals surface area contributed by atoms with Crippen LogP contribution in [0, 0.1) is 5.41 Å². The van der Waals surface area contributed by atoms with Gasteiger partial charge in [-0.05, 0) is 55.3 Å². The lowest BCUT2D eigenvalue weighted by molar-refractivity contribution is 0.104. The zero-order valence-electron chi connectivity index (χ0n) is 11.3. The first-order chi connectivity index (χ1) is 9.30. The summed E-state index contributed by atoms with van der Waals surface area (Å²) in [4.78, 5) is 0. The van der Waals surface area contributed by atoms with Gasteiger partial charge in [-0.15, -0.1) is 0 Å². The van der Waals surface area contributed by atoms with E-state index >= 15 is 0 Å². The van der Waals surface area contributed by atoms with Crippen LogP contribution in [0.3, 0.4) is 0 Å². The molecule has 2 aliphatic rings. The summed E-state index contributed by atoms with van der Waals surface area (Å²) in [5.41, 5.74) is 1.80. The maximum atomic E-state index is 6.18. The van der Waals surface area contributed by atoms with Gasteiger partial charge in [-0.2, -0.15) is 0 Å². The maximum Gasteiger partial charge on any atom is 0.0471 e. The van der Waals surface area contributed by atoms with E-state index in [1.165, 1.54) is 31.2 Å². The maximum absolute atomic E-state index is 6.18. The van der Waals surface area contributed by atoms with Crippen molar-refractivity contribution >= 4 is 11.6 Å². The molecule has 104 valence electrons. The van der Waals surface area contributed by atoms with E-state index in [2.05, 4.69) is 23.5 Å². The average Bonchev–Trinajstić information content (AvgIpc) is 2.66. The zero-order chi connectivity index (χ0) is 13.1. The van der Waals surface area contributed by atoms with Crippen LogP contribution in [0.2, 0.25) is 5.02 Å². The normalized spacial score (nSPS) is 32.2. The third-order valence-electron chi connectivity index (χ3n) is 4.85. The van der Waals surface area contributed by atoms with Crippen molar-refractivity contribution in [3.05, 3.63) is 34.9 Å². The zero-order valence-corrected chi connectivity index (χ0v) is 12.1. The minimum Gasteiger partial charge on any atom is -0.381 e. The van der Waals surface area contributed by atoms with Crippen LogP contribution in [-0.4, -0.2) is 26.3 Å². The Bertz CT molecular complexity index is 427. The van der Waals surface area contributed by atoms with Gasteiger partial charge in [-0.3, -0.25) is 0 Å². The molecule has 2 fully saturated rings. The van der Waals surface area contributed by atoms with E-state index in [1.54, 1.807) is 0 Å². The van der Waals surface area contributed by atoms with Gasteiger partial charge in [0.15, 0.2) is 0 Å². The molecule has 1 aromatic carbocycles. The fraction of sp³-hybridized carbons (Fsp3) is 0.625. The second kappa shape index (κ2) is 5.82. The molecule has 2 nitrogen and oxygen atoms in total. The highest BCUT2D eigenvalue weighted by Crippen LogP contribution is 2.48. The van der Waals surface area contributed by atoms with E-state index < -0.39 is 0 Å². The van der Waals surface area contributed by atoms with Gasteiger partial charge in [0, 0.05) is 30.7 Å². The Kier molecular flexibility index (Phi) is 4.11. The Balaban J connectivity index is 1.91. The number of piperidine rings is 1. The van der Waals surface area contributed by atoms with Crippen LogP contribution in [0.25, 0.3) is 0 Å². The molecule has 0 radical (unpaired) electrons. The van der Waals surface area contributed by atoms with E-state index in [0.717, 1.165) is 31.3 Å². The highest BCUT2D eigenvalue weighted by molar-refractivity contribution is 6.30. The fourth-order valence-corrected chi connectivity index (χ4v) is 4.00. The number of hydrogen-bond donors (Lipinski definition) is 1. The topological polar surface area (TPSA) is 21.3 Å². The van der Waals surface area contributed by atoms with Crippen LogP contribution >= 0.6 is 11.6 Å². The summed E-state index contributed by atoms with van der Waals surface area (Å²) in [6, 6.07) is 8.42. The molecule has 3 rings (SSSR count). The van der Waals surface area contributed by atoms with Crippen LogP contribution in [0.5, 0.6) is 0 Å². The van der Waals surface area contributed by atoms with E-state index in [1.807, 2.05) is 6.07 Å². The van der Waals surface area contributed by atoms with Crippen molar-refractivity contribution in [2.75, 3.05) is 26.3 Å². The predicted molar refractivity (Wildman–Crippen MR) is 78.8 cm³/mol. The standard InChI is InChI=1S/C16H22ClNO/c17-14-4-1-3-13(11-14)15-12-18-8-6-16(15)5-2-9-19-10-7-16/h1,3-4,11,15,18H,2,5-10,12H2. The van der Waals surface area contributed by atoms with E-state index in [4.69, 9.17) is 16.3 Å². The molecule has 2 aliphatic heterocycles. The SMILES string of the molecule is Clc1cccc(C2CNCCC23CCCOCC3)c1. The third kappa shape index (κ3) is 2.81. The Labute approximate surface area is 120 Å². The summed E-state index contributed by atoms with van der Waals surface area (Å²) in [6.45, 7) is 4.05. The largest absolute Gasteiger partial charge is 0.381 e.